The van der Waals surface area contributed by atoms with E-state index in [1.165, 1.54) is 11.4 Å². The van der Waals surface area contributed by atoms with E-state index < -0.39 is 16.0 Å². The Labute approximate surface area is 135 Å². The van der Waals surface area contributed by atoms with Crippen molar-refractivity contribution in [2.24, 2.45) is 0 Å². The Morgan fingerprint density at radius 3 is 2.48 bits per heavy atom. The third kappa shape index (κ3) is 2.70. The van der Waals surface area contributed by atoms with Crippen LogP contribution in [0.1, 0.15) is 21.5 Å². The van der Waals surface area contributed by atoms with E-state index in [4.69, 9.17) is 4.74 Å². The molecule has 0 aromatic heterocycles. The fourth-order valence-corrected chi connectivity index (χ4v) is 4.21. The quantitative estimate of drug-likeness (QED) is 0.811. The van der Waals surface area contributed by atoms with Crippen LogP contribution in [-0.2, 0) is 21.2 Å². The van der Waals surface area contributed by atoms with Crippen LogP contribution in [0.3, 0.4) is 0 Å². The van der Waals surface area contributed by atoms with Crippen LogP contribution in [0, 0.1) is 6.92 Å². The number of rotatable bonds is 3. The van der Waals surface area contributed by atoms with Crippen LogP contribution in [0.2, 0.25) is 0 Å². The SMILES string of the molecule is COC(=O)c1ccc2c(c1)CCN2S(=O)(=O)c1ccc(C)cc1. The summed E-state index contributed by atoms with van der Waals surface area (Å²) in [7, 11) is -2.27. The second-order valence-electron chi connectivity index (χ2n) is 5.48. The first-order valence-corrected chi connectivity index (χ1v) is 8.68. The molecule has 1 aliphatic rings. The number of methoxy groups -OCH3 is 1. The van der Waals surface area contributed by atoms with E-state index in [0.717, 1.165) is 11.1 Å². The number of hydrogen-bond donors (Lipinski definition) is 0. The molecule has 6 heteroatoms. The maximum absolute atomic E-state index is 12.8. The first-order chi connectivity index (χ1) is 10.9. The van der Waals surface area contributed by atoms with Crippen LogP contribution < -0.4 is 4.31 Å². The van der Waals surface area contributed by atoms with E-state index >= 15 is 0 Å². The van der Waals surface area contributed by atoms with Crippen molar-refractivity contribution < 1.29 is 17.9 Å². The number of anilines is 1. The first-order valence-electron chi connectivity index (χ1n) is 7.24. The Morgan fingerprint density at radius 1 is 1.13 bits per heavy atom. The minimum Gasteiger partial charge on any atom is -0.465 e. The van der Waals surface area contributed by atoms with E-state index in [1.54, 1.807) is 42.5 Å². The number of ether oxygens (including phenoxy) is 1. The first kappa shape index (κ1) is 15.6. The predicted molar refractivity (Wildman–Crippen MR) is 87.2 cm³/mol. The Kier molecular flexibility index (Phi) is 3.85. The van der Waals surface area contributed by atoms with Gasteiger partial charge in [0.15, 0.2) is 0 Å². The Hall–Kier alpha value is -2.34. The standard InChI is InChI=1S/C17H17NO4S/c1-12-3-6-15(7-4-12)23(20,21)18-10-9-13-11-14(17(19)22-2)5-8-16(13)18/h3-8,11H,9-10H2,1-2H3. The third-order valence-corrected chi connectivity index (χ3v) is 5.79. The van der Waals surface area contributed by atoms with Gasteiger partial charge in [0.2, 0.25) is 0 Å². The van der Waals surface area contributed by atoms with Crippen molar-refractivity contribution in [2.45, 2.75) is 18.2 Å². The van der Waals surface area contributed by atoms with E-state index in [9.17, 15) is 13.2 Å². The number of fused-ring (bicyclic) bond motifs is 1. The zero-order valence-corrected chi connectivity index (χ0v) is 13.8. The van der Waals surface area contributed by atoms with Crippen molar-refractivity contribution in [3.05, 3.63) is 59.2 Å². The molecular formula is C17H17NO4S. The van der Waals surface area contributed by atoms with Gasteiger partial charge >= 0.3 is 5.97 Å². The summed E-state index contributed by atoms with van der Waals surface area (Å²) in [5.41, 5.74) is 2.90. The van der Waals surface area contributed by atoms with Gasteiger partial charge < -0.3 is 4.74 Å². The van der Waals surface area contributed by atoms with Crippen LogP contribution in [-0.4, -0.2) is 28.0 Å². The lowest BCUT2D eigenvalue weighted by molar-refractivity contribution is 0.0600. The number of esters is 1. The third-order valence-electron chi connectivity index (χ3n) is 3.96. The van der Waals surface area contributed by atoms with E-state index in [-0.39, 0.29) is 4.90 Å². The molecule has 2 aromatic rings. The molecule has 120 valence electrons. The van der Waals surface area contributed by atoms with Crippen molar-refractivity contribution in [3.63, 3.8) is 0 Å². The van der Waals surface area contributed by atoms with E-state index in [2.05, 4.69) is 0 Å². The van der Waals surface area contributed by atoms with Gasteiger partial charge in [-0.2, -0.15) is 0 Å². The van der Waals surface area contributed by atoms with Gasteiger partial charge in [-0.25, -0.2) is 13.2 Å². The highest BCUT2D eigenvalue weighted by Crippen LogP contribution is 2.33. The van der Waals surface area contributed by atoms with Gasteiger partial charge in [-0.15, -0.1) is 0 Å². The second-order valence-corrected chi connectivity index (χ2v) is 7.34. The number of carbonyl (C=O) groups excluding carboxylic acids is 1. The van der Waals surface area contributed by atoms with Crippen LogP contribution in [0.4, 0.5) is 5.69 Å². The van der Waals surface area contributed by atoms with Gasteiger partial charge in [0, 0.05) is 6.54 Å². The highest BCUT2D eigenvalue weighted by Gasteiger charge is 2.31. The minimum atomic E-state index is -3.59. The monoisotopic (exact) mass is 331 g/mol. The molecule has 0 N–H and O–H groups in total. The lowest BCUT2D eigenvalue weighted by atomic mass is 10.1. The van der Waals surface area contributed by atoms with E-state index in [0.29, 0.717) is 24.2 Å². The Morgan fingerprint density at radius 2 is 1.83 bits per heavy atom. The van der Waals surface area contributed by atoms with Gasteiger partial charge in [0.25, 0.3) is 10.0 Å². The van der Waals surface area contributed by atoms with Crippen molar-refractivity contribution in [3.8, 4) is 0 Å². The van der Waals surface area contributed by atoms with Crippen molar-refractivity contribution in [1.29, 1.82) is 0 Å². The Balaban J connectivity index is 1.99. The zero-order chi connectivity index (χ0) is 16.6. The molecule has 2 aromatic carbocycles. The number of carbonyl (C=O) groups is 1. The number of sulfonamides is 1. The normalized spacial score (nSPS) is 13.7. The lowest BCUT2D eigenvalue weighted by Crippen LogP contribution is -2.29. The molecule has 0 unspecified atom stereocenters. The molecular weight excluding hydrogens is 314 g/mol. The summed E-state index contributed by atoms with van der Waals surface area (Å²) < 4.78 is 31.7. The fourth-order valence-electron chi connectivity index (χ4n) is 2.70. The largest absolute Gasteiger partial charge is 0.465 e. The topological polar surface area (TPSA) is 63.7 Å². The molecule has 3 rings (SSSR count). The molecule has 1 heterocycles. The molecule has 5 nitrogen and oxygen atoms in total. The smallest absolute Gasteiger partial charge is 0.337 e. The van der Waals surface area contributed by atoms with Crippen LogP contribution in [0.25, 0.3) is 0 Å². The molecule has 1 aliphatic heterocycles. The summed E-state index contributed by atoms with van der Waals surface area (Å²) in [6.07, 6.45) is 0.575. The highest BCUT2D eigenvalue weighted by atomic mass is 32.2. The zero-order valence-electron chi connectivity index (χ0n) is 12.9. The molecule has 0 bridgehead atoms. The fraction of sp³-hybridized carbons (Fsp3) is 0.235. The highest BCUT2D eigenvalue weighted by molar-refractivity contribution is 7.92. The predicted octanol–water partition coefficient (Wildman–Crippen LogP) is 2.53. The molecule has 23 heavy (non-hydrogen) atoms. The maximum atomic E-state index is 12.8. The summed E-state index contributed by atoms with van der Waals surface area (Å²) in [6, 6.07) is 11.8. The van der Waals surface area contributed by atoms with Crippen LogP contribution >= 0.6 is 0 Å². The molecule has 0 aliphatic carbocycles. The second kappa shape index (κ2) is 5.70. The molecule has 0 saturated carbocycles. The van der Waals surface area contributed by atoms with Gasteiger partial charge in [-0.1, -0.05) is 17.7 Å². The van der Waals surface area contributed by atoms with Gasteiger partial charge in [-0.05, 0) is 49.2 Å². The average Bonchev–Trinajstić information content (AvgIpc) is 2.98. The van der Waals surface area contributed by atoms with E-state index in [1.807, 2.05) is 6.92 Å². The van der Waals surface area contributed by atoms with Crippen molar-refractivity contribution in [2.75, 3.05) is 18.0 Å². The molecule has 0 saturated heterocycles. The summed E-state index contributed by atoms with van der Waals surface area (Å²) in [6.45, 7) is 2.28. The van der Waals surface area contributed by atoms with Crippen molar-refractivity contribution in [1.82, 2.24) is 0 Å². The number of hydrogen-bond acceptors (Lipinski definition) is 4. The summed E-state index contributed by atoms with van der Waals surface area (Å²) in [5, 5.41) is 0. The average molecular weight is 331 g/mol. The van der Waals surface area contributed by atoms with Crippen LogP contribution in [0.5, 0.6) is 0 Å². The maximum Gasteiger partial charge on any atom is 0.337 e. The van der Waals surface area contributed by atoms with Gasteiger partial charge in [-0.3, -0.25) is 4.31 Å². The summed E-state index contributed by atoms with van der Waals surface area (Å²) in [5.74, 6) is -0.423. The summed E-state index contributed by atoms with van der Waals surface area (Å²) in [4.78, 5) is 11.9. The Bertz CT molecular complexity index is 857. The van der Waals surface area contributed by atoms with Crippen LogP contribution in [0.15, 0.2) is 47.4 Å². The van der Waals surface area contributed by atoms with Gasteiger partial charge in [0.1, 0.15) is 0 Å². The minimum absolute atomic E-state index is 0.271. The molecule has 0 fully saturated rings. The van der Waals surface area contributed by atoms with Crippen molar-refractivity contribution >= 4 is 21.7 Å². The number of aryl methyl sites for hydroxylation is 1. The number of nitrogens with zero attached hydrogens (tertiary/aromatic N) is 1. The number of benzene rings is 2. The molecule has 0 atom stereocenters. The summed E-state index contributed by atoms with van der Waals surface area (Å²) >= 11 is 0. The lowest BCUT2D eigenvalue weighted by Gasteiger charge is -2.19. The molecule has 0 amide bonds. The van der Waals surface area contributed by atoms with Gasteiger partial charge in [0.05, 0.1) is 23.3 Å². The molecule has 0 spiro atoms. The molecule has 0 radical (unpaired) electrons.